The highest BCUT2D eigenvalue weighted by Gasteiger charge is 2.29. The molecule has 0 aliphatic heterocycles. The van der Waals surface area contributed by atoms with E-state index in [0.29, 0.717) is 28.3 Å². The Morgan fingerprint density at radius 1 is 1.00 bits per heavy atom. The summed E-state index contributed by atoms with van der Waals surface area (Å²) >= 11 is 0. The molecule has 2 aromatic carbocycles. The van der Waals surface area contributed by atoms with Crippen LogP contribution in [0.4, 0.5) is 30.4 Å². The molecule has 0 atom stereocenters. The van der Waals surface area contributed by atoms with Crippen molar-refractivity contribution in [1.29, 1.82) is 5.26 Å². The van der Waals surface area contributed by atoms with Crippen LogP contribution in [0.1, 0.15) is 21.5 Å². The van der Waals surface area contributed by atoms with Gasteiger partial charge in [0.1, 0.15) is 5.82 Å². The fraction of sp³-hybridized carbons (Fsp3) is 0.0500. The lowest BCUT2D eigenvalue weighted by atomic mass is 10.2. The number of nitrogens with one attached hydrogen (secondary N) is 2. The van der Waals surface area contributed by atoms with Crippen molar-refractivity contribution >= 4 is 23.1 Å². The first-order chi connectivity index (χ1) is 13.3. The molecule has 1 heterocycles. The number of carbonyl (C=O) groups excluding carboxylic acids is 1. The number of carbonyl (C=O) groups is 1. The summed E-state index contributed by atoms with van der Waals surface area (Å²) in [7, 11) is 0. The molecular weight excluding hydrogens is 369 g/mol. The van der Waals surface area contributed by atoms with Gasteiger partial charge in [-0.1, -0.05) is 6.07 Å². The zero-order chi connectivity index (χ0) is 20.1. The Labute approximate surface area is 158 Å². The van der Waals surface area contributed by atoms with Crippen LogP contribution in [-0.4, -0.2) is 10.9 Å². The number of nitrogens with zero attached hydrogens (tertiary/aromatic N) is 2. The van der Waals surface area contributed by atoms with Crippen LogP contribution < -0.4 is 10.6 Å². The van der Waals surface area contributed by atoms with Crippen molar-refractivity contribution in [2.75, 3.05) is 10.6 Å². The van der Waals surface area contributed by atoms with E-state index < -0.39 is 17.6 Å². The predicted octanol–water partition coefficient (Wildman–Crippen LogP) is 4.97. The van der Waals surface area contributed by atoms with Gasteiger partial charge in [-0.25, -0.2) is 4.98 Å². The molecule has 3 rings (SSSR count). The van der Waals surface area contributed by atoms with E-state index in [4.69, 9.17) is 5.26 Å². The smallest absolute Gasteiger partial charge is 0.340 e. The molecule has 0 aliphatic carbocycles. The maximum atomic E-state index is 12.6. The second-order valence-corrected chi connectivity index (χ2v) is 5.78. The Balaban J connectivity index is 1.66. The van der Waals surface area contributed by atoms with Crippen molar-refractivity contribution in [2.24, 2.45) is 0 Å². The summed E-state index contributed by atoms with van der Waals surface area (Å²) in [4.78, 5) is 16.3. The third-order valence-corrected chi connectivity index (χ3v) is 3.76. The van der Waals surface area contributed by atoms with E-state index in [1.165, 1.54) is 30.5 Å². The lowest BCUT2D eigenvalue weighted by Crippen LogP contribution is -2.12. The van der Waals surface area contributed by atoms with Crippen LogP contribution in [0.3, 0.4) is 0 Å². The minimum Gasteiger partial charge on any atom is -0.340 e. The summed E-state index contributed by atoms with van der Waals surface area (Å²) in [5.74, 6) is -0.0218. The summed E-state index contributed by atoms with van der Waals surface area (Å²) in [5.41, 5.74) is 0.896. The number of nitriles is 1. The Bertz CT molecular complexity index is 1020. The number of hydrogen-bond donors (Lipinski definition) is 2. The van der Waals surface area contributed by atoms with Crippen molar-refractivity contribution in [3.8, 4) is 6.07 Å². The molecule has 3 aromatic rings. The van der Waals surface area contributed by atoms with E-state index in [2.05, 4.69) is 15.6 Å². The fourth-order valence-corrected chi connectivity index (χ4v) is 2.36. The highest BCUT2D eigenvalue weighted by atomic mass is 19.4. The highest BCUT2D eigenvalue weighted by Crippen LogP contribution is 2.30. The minimum absolute atomic E-state index is 0.292. The SMILES string of the molecule is N#Cc1cccc(NC(=O)c2ccc(Nc3ccc(C(F)(F)F)cc3)nc2)c1. The normalized spacial score (nSPS) is 10.8. The zero-order valence-electron chi connectivity index (χ0n) is 14.3. The Hall–Kier alpha value is -3.86. The number of anilines is 3. The number of aromatic nitrogens is 1. The van der Waals surface area contributed by atoms with E-state index in [0.717, 1.165) is 12.1 Å². The standard InChI is InChI=1S/C20H13F3N4O/c21-20(22,23)15-5-7-16(8-6-15)26-18-9-4-14(12-25-18)19(28)27-17-3-1-2-13(10-17)11-24/h1-10,12H,(H,25,26)(H,27,28). The van der Waals surface area contributed by atoms with E-state index in [1.807, 2.05) is 6.07 Å². The van der Waals surface area contributed by atoms with Crippen molar-refractivity contribution in [3.05, 3.63) is 83.6 Å². The monoisotopic (exact) mass is 382 g/mol. The largest absolute Gasteiger partial charge is 0.416 e. The molecule has 5 nitrogen and oxygen atoms in total. The maximum Gasteiger partial charge on any atom is 0.416 e. The van der Waals surface area contributed by atoms with Crippen molar-refractivity contribution in [1.82, 2.24) is 4.98 Å². The molecule has 0 aliphatic rings. The quantitative estimate of drug-likeness (QED) is 0.668. The first kappa shape index (κ1) is 18.9. The van der Waals surface area contributed by atoms with Crippen LogP contribution in [0.2, 0.25) is 0 Å². The lowest BCUT2D eigenvalue weighted by Gasteiger charge is -2.10. The summed E-state index contributed by atoms with van der Waals surface area (Å²) in [6.07, 6.45) is -3.05. The summed E-state index contributed by atoms with van der Waals surface area (Å²) in [6, 6.07) is 16.1. The topological polar surface area (TPSA) is 77.8 Å². The summed E-state index contributed by atoms with van der Waals surface area (Å²) in [5, 5.41) is 14.4. The first-order valence-electron chi connectivity index (χ1n) is 8.07. The molecular formula is C20H13F3N4O. The fourth-order valence-electron chi connectivity index (χ4n) is 2.36. The molecule has 1 amide bonds. The summed E-state index contributed by atoms with van der Waals surface area (Å²) < 4.78 is 37.7. The van der Waals surface area contributed by atoms with Crippen molar-refractivity contribution in [2.45, 2.75) is 6.18 Å². The average molecular weight is 382 g/mol. The molecule has 2 N–H and O–H groups in total. The van der Waals surface area contributed by atoms with Crippen molar-refractivity contribution in [3.63, 3.8) is 0 Å². The summed E-state index contributed by atoms with van der Waals surface area (Å²) in [6.45, 7) is 0. The number of benzene rings is 2. The molecule has 1 aromatic heterocycles. The van der Waals surface area contributed by atoms with Gasteiger partial charge in [0.15, 0.2) is 0 Å². The van der Waals surface area contributed by atoms with Gasteiger partial charge in [-0.3, -0.25) is 4.79 Å². The minimum atomic E-state index is -4.39. The van der Waals surface area contributed by atoms with Gasteiger partial charge >= 0.3 is 6.18 Å². The van der Waals surface area contributed by atoms with Gasteiger partial charge < -0.3 is 10.6 Å². The second kappa shape index (κ2) is 7.80. The third kappa shape index (κ3) is 4.65. The molecule has 0 bridgehead atoms. The molecule has 0 unspecified atom stereocenters. The maximum absolute atomic E-state index is 12.6. The molecule has 0 radical (unpaired) electrons. The molecule has 140 valence electrons. The molecule has 8 heteroatoms. The van der Waals surface area contributed by atoms with Gasteiger partial charge in [0, 0.05) is 17.6 Å². The average Bonchev–Trinajstić information content (AvgIpc) is 2.68. The van der Waals surface area contributed by atoms with E-state index in [1.54, 1.807) is 24.3 Å². The van der Waals surface area contributed by atoms with Crippen LogP contribution in [0.25, 0.3) is 0 Å². The second-order valence-electron chi connectivity index (χ2n) is 5.78. The van der Waals surface area contributed by atoms with Gasteiger partial charge in [-0.2, -0.15) is 18.4 Å². The van der Waals surface area contributed by atoms with Crippen LogP contribution in [-0.2, 0) is 6.18 Å². The highest BCUT2D eigenvalue weighted by molar-refractivity contribution is 6.04. The van der Waals surface area contributed by atoms with Crippen LogP contribution >= 0.6 is 0 Å². The number of hydrogen-bond acceptors (Lipinski definition) is 4. The number of pyridine rings is 1. The van der Waals surface area contributed by atoms with Crippen molar-refractivity contribution < 1.29 is 18.0 Å². The van der Waals surface area contributed by atoms with Crippen LogP contribution in [0.5, 0.6) is 0 Å². The first-order valence-corrected chi connectivity index (χ1v) is 8.07. The molecule has 0 saturated carbocycles. The third-order valence-electron chi connectivity index (χ3n) is 3.76. The number of alkyl halides is 3. The Kier molecular flexibility index (Phi) is 5.27. The van der Waals surface area contributed by atoms with E-state index in [-0.39, 0.29) is 0 Å². The molecule has 0 saturated heterocycles. The molecule has 28 heavy (non-hydrogen) atoms. The number of rotatable bonds is 4. The zero-order valence-corrected chi connectivity index (χ0v) is 14.3. The van der Waals surface area contributed by atoms with Gasteiger partial charge in [0.05, 0.1) is 22.8 Å². The Morgan fingerprint density at radius 3 is 2.36 bits per heavy atom. The number of halogens is 3. The van der Waals surface area contributed by atoms with Gasteiger partial charge in [-0.15, -0.1) is 0 Å². The molecule has 0 fully saturated rings. The lowest BCUT2D eigenvalue weighted by molar-refractivity contribution is -0.137. The Morgan fingerprint density at radius 2 is 1.75 bits per heavy atom. The van der Waals surface area contributed by atoms with E-state index in [9.17, 15) is 18.0 Å². The van der Waals surface area contributed by atoms with Crippen LogP contribution in [0.15, 0.2) is 66.9 Å². The van der Waals surface area contributed by atoms with Gasteiger partial charge in [0.25, 0.3) is 5.91 Å². The van der Waals surface area contributed by atoms with Gasteiger partial charge in [-0.05, 0) is 54.6 Å². The van der Waals surface area contributed by atoms with Crippen LogP contribution in [0, 0.1) is 11.3 Å². The molecule has 0 spiro atoms. The number of amides is 1. The van der Waals surface area contributed by atoms with E-state index >= 15 is 0 Å². The predicted molar refractivity (Wildman–Crippen MR) is 98.1 cm³/mol. The van der Waals surface area contributed by atoms with Gasteiger partial charge in [0.2, 0.25) is 0 Å².